The first kappa shape index (κ1) is 12.9. The fourth-order valence-electron chi connectivity index (χ4n) is 4.48. The van der Waals surface area contributed by atoms with Crippen LogP contribution in [0.15, 0.2) is 28.8 Å². The molecule has 21 heavy (non-hydrogen) atoms. The predicted octanol–water partition coefficient (Wildman–Crippen LogP) is 4.21. The second kappa shape index (κ2) is 4.90. The number of hydrogen-bond acceptors (Lipinski definition) is 3. The van der Waals surface area contributed by atoms with E-state index in [1.807, 2.05) is 0 Å². The molecule has 2 N–H and O–H groups in total. The summed E-state index contributed by atoms with van der Waals surface area (Å²) in [5.41, 5.74) is 9.50. The van der Waals surface area contributed by atoms with Crippen LogP contribution in [0.4, 0.5) is 5.82 Å². The zero-order valence-corrected chi connectivity index (χ0v) is 12.5. The van der Waals surface area contributed by atoms with Crippen molar-refractivity contribution in [1.82, 2.24) is 5.16 Å². The van der Waals surface area contributed by atoms with Gasteiger partial charge in [0.25, 0.3) is 0 Å². The van der Waals surface area contributed by atoms with Gasteiger partial charge in [0.05, 0.1) is 5.56 Å². The Morgan fingerprint density at radius 1 is 1.24 bits per heavy atom. The van der Waals surface area contributed by atoms with E-state index < -0.39 is 0 Å². The van der Waals surface area contributed by atoms with Gasteiger partial charge in [0.15, 0.2) is 5.82 Å². The third-order valence-electron chi connectivity index (χ3n) is 5.54. The molecule has 4 rings (SSSR count). The van der Waals surface area contributed by atoms with Crippen molar-refractivity contribution >= 4 is 5.82 Å². The number of benzene rings is 1. The van der Waals surface area contributed by atoms with Crippen LogP contribution in [0.5, 0.6) is 0 Å². The molecule has 3 atom stereocenters. The van der Waals surface area contributed by atoms with Gasteiger partial charge in [-0.3, -0.25) is 0 Å². The Bertz CT molecular complexity index is 661. The van der Waals surface area contributed by atoms with E-state index in [4.69, 9.17) is 10.3 Å². The van der Waals surface area contributed by atoms with Crippen molar-refractivity contribution in [2.45, 2.75) is 39.0 Å². The van der Waals surface area contributed by atoms with Gasteiger partial charge in [-0.15, -0.1) is 0 Å². The van der Waals surface area contributed by atoms with E-state index in [1.165, 1.54) is 31.2 Å². The summed E-state index contributed by atoms with van der Waals surface area (Å²) in [5, 5.41) is 4.04. The number of nitrogens with two attached hydrogens (primary N) is 1. The molecule has 2 saturated carbocycles. The maximum absolute atomic E-state index is 6.09. The van der Waals surface area contributed by atoms with Crippen LogP contribution >= 0.6 is 0 Å². The topological polar surface area (TPSA) is 52.0 Å². The lowest BCUT2D eigenvalue weighted by Gasteiger charge is -2.20. The summed E-state index contributed by atoms with van der Waals surface area (Å²) >= 11 is 0. The monoisotopic (exact) mass is 282 g/mol. The summed E-state index contributed by atoms with van der Waals surface area (Å²) in [7, 11) is 0. The molecular formula is C18H22N2O. The molecule has 2 fully saturated rings. The van der Waals surface area contributed by atoms with Gasteiger partial charge in [-0.25, -0.2) is 0 Å². The quantitative estimate of drug-likeness (QED) is 0.917. The van der Waals surface area contributed by atoms with Gasteiger partial charge >= 0.3 is 0 Å². The fraction of sp³-hybridized carbons (Fsp3) is 0.500. The number of hydrogen-bond donors (Lipinski definition) is 1. The molecule has 110 valence electrons. The van der Waals surface area contributed by atoms with Gasteiger partial charge in [0.1, 0.15) is 5.76 Å². The highest BCUT2D eigenvalue weighted by Crippen LogP contribution is 2.50. The minimum atomic E-state index is 0.530. The first-order valence-corrected chi connectivity index (χ1v) is 8.02. The largest absolute Gasteiger partial charge is 0.380 e. The Kier molecular flexibility index (Phi) is 3.02. The maximum Gasteiger partial charge on any atom is 0.175 e. The number of rotatable bonds is 3. The molecule has 0 spiro atoms. The number of nitrogen functional groups attached to an aromatic ring is 1. The molecule has 0 amide bonds. The fourth-order valence-corrected chi connectivity index (χ4v) is 4.48. The van der Waals surface area contributed by atoms with E-state index >= 15 is 0 Å². The Morgan fingerprint density at radius 3 is 2.81 bits per heavy atom. The van der Waals surface area contributed by atoms with E-state index in [0.717, 1.165) is 41.1 Å². The normalized spacial score (nSPS) is 27.4. The second-order valence-electron chi connectivity index (χ2n) is 6.82. The maximum atomic E-state index is 6.09. The predicted molar refractivity (Wildman–Crippen MR) is 83.7 cm³/mol. The van der Waals surface area contributed by atoms with Crippen molar-refractivity contribution < 1.29 is 4.52 Å². The summed E-state index contributed by atoms with van der Waals surface area (Å²) < 4.78 is 5.60. The van der Waals surface area contributed by atoms with Crippen molar-refractivity contribution in [3.63, 3.8) is 0 Å². The van der Waals surface area contributed by atoms with Crippen molar-refractivity contribution in [2.75, 3.05) is 5.73 Å². The molecule has 1 aromatic carbocycles. The summed E-state index contributed by atoms with van der Waals surface area (Å²) in [4.78, 5) is 0. The lowest BCUT2D eigenvalue weighted by Crippen LogP contribution is -2.13. The van der Waals surface area contributed by atoms with Gasteiger partial charge in [-0.1, -0.05) is 35.8 Å². The number of aryl methyl sites for hydroxylation is 1. The smallest absolute Gasteiger partial charge is 0.175 e. The highest BCUT2D eigenvalue weighted by atomic mass is 16.5. The average Bonchev–Trinajstić information content (AvgIpc) is 3.17. The van der Waals surface area contributed by atoms with Crippen LogP contribution in [-0.2, 0) is 6.42 Å². The van der Waals surface area contributed by atoms with Crippen LogP contribution in [0.3, 0.4) is 0 Å². The van der Waals surface area contributed by atoms with E-state index in [9.17, 15) is 0 Å². The summed E-state index contributed by atoms with van der Waals surface area (Å²) in [6.45, 7) is 2.11. The molecule has 1 aromatic heterocycles. The van der Waals surface area contributed by atoms with Gasteiger partial charge in [-0.05, 0) is 55.1 Å². The molecule has 2 aliphatic rings. The molecule has 1 heterocycles. The molecule has 2 bridgehead atoms. The van der Waals surface area contributed by atoms with Gasteiger partial charge in [-0.2, -0.15) is 0 Å². The first-order chi connectivity index (χ1) is 10.2. The van der Waals surface area contributed by atoms with Crippen molar-refractivity contribution in [3.8, 4) is 11.1 Å². The Morgan fingerprint density at radius 2 is 2.10 bits per heavy atom. The number of aromatic nitrogens is 1. The molecular weight excluding hydrogens is 260 g/mol. The van der Waals surface area contributed by atoms with Gasteiger partial charge in [0.2, 0.25) is 0 Å². The van der Waals surface area contributed by atoms with E-state index in [0.29, 0.717) is 5.82 Å². The summed E-state index contributed by atoms with van der Waals surface area (Å²) in [6.07, 6.45) is 6.62. The average molecular weight is 282 g/mol. The minimum absolute atomic E-state index is 0.530. The van der Waals surface area contributed by atoms with Crippen LogP contribution < -0.4 is 5.73 Å². The highest BCUT2D eigenvalue weighted by molar-refractivity contribution is 5.77. The van der Waals surface area contributed by atoms with Crippen LogP contribution in [-0.4, -0.2) is 5.16 Å². The lowest BCUT2D eigenvalue weighted by atomic mass is 9.84. The third-order valence-corrected chi connectivity index (χ3v) is 5.54. The zero-order valence-electron chi connectivity index (χ0n) is 12.5. The molecule has 0 aliphatic heterocycles. The standard InChI is InChI=1S/C18H22N2O/c1-11-4-2-3-5-15(11)17-16(21-20-18(17)19)10-14-9-12-6-7-13(14)8-12/h2-5,12-14H,6-10H2,1H3,(H2,19,20). The second-order valence-corrected chi connectivity index (χ2v) is 6.82. The Hall–Kier alpha value is -1.77. The Labute approximate surface area is 125 Å². The zero-order chi connectivity index (χ0) is 14.4. The molecule has 0 radical (unpaired) electrons. The van der Waals surface area contributed by atoms with Crippen LogP contribution in [0.1, 0.15) is 37.0 Å². The molecule has 3 unspecified atom stereocenters. The summed E-state index contributed by atoms with van der Waals surface area (Å²) in [5.74, 6) is 4.13. The number of fused-ring (bicyclic) bond motifs is 2. The van der Waals surface area contributed by atoms with Crippen LogP contribution in [0.2, 0.25) is 0 Å². The Balaban J connectivity index is 1.66. The molecule has 3 nitrogen and oxygen atoms in total. The first-order valence-electron chi connectivity index (χ1n) is 8.02. The van der Waals surface area contributed by atoms with E-state index in [2.05, 4.69) is 36.3 Å². The SMILES string of the molecule is Cc1ccccc1-c1c(N)noc1CC1CC2CCC1C2. The van der Waals surface area contributed by atoms with Gasteiger partial charge < -0.3 is 10.3 Å². The molecule has 0 saturated heterocycles. The van der Waals surface area contributed by atoms with Crippen molar-refractivity contribution in [3.05, 3.63) is 35.6 Å². The number of nitrogens with zero attached hydrogens (tertiary/aromatic N) is 1. The molecule has 3 heteroatoms. The molecule has 2 aliphatic carbocycles. The molecule has 2 aromatic rings. The highest BCUT2D eigenvalue weighted by Gasteiger charge is 2.40. The third kappa shape index (κ3) is 2.15. The van der Waals surface area contributed by atoms with E-state index in [1.54, 1.807) is 0 Å². The van der Waals surface area contributed by atoms with Crippen molar-refractivity contribution in [2.24, 2.45) is 17.8 Å². The lowest BCUT2D eigenvalue weighted by molar-refractivity contribution is 0.294. The van der Waals surface area contributed by atoms with Crippen LogP contribution in [0.25, 0.3) is 11.1 Å². The minimum Gasteiger partial charge on any atom is -0.380 e. The summed E-state index contributed by atoms with van der Waals surface area (Å²) in [6, 6.07) is 8.33. The van der Waals surface area contributed by atoms with Gasteiger partial charge in [0, 0.05) is 6.42 Å². The van der Waals surface area contributed by atoms with E-state index in [-0.39, 0.29) is 0 Å². The van der Waals surface area contributed by atoms with Crippen LogP contribution in [0, 0.1) is 24.7 Å². The van der Waals surface area contributed by atoms with Crippen molar-refractivity contribution in [1.29, 1.82) is 0 Å². The number of anilines is 1.